The molecule has 4 rings (SSSR count). The van der Waals surface area contributed by atoms with E-state index in [1.165, 1.54) is 30.3 Å². The number of hydrogen-bond donors (Lipinski definition) is 2. The molecule has 1 aliphatic rings. The quantitative estimate of drug-likeness (QED) is 0.720. The molecule has 2 N–H and O–H groups in total. The number of carbonyl (C=O) groups excluding carboxylic acids is 1. The van der Waals surface area contributed by atoms with Gasteiger partial charge >= 0.3 is 0 Å². The largest absolute Gasteiger partial charge is 0.368 e. The third-order valence-corrected chi connectivity index (χ3v) is 4.67. The molecule has 8 heteroatoms. The number of para-hydroxylation sites is 1. The van der Waals surface area contributed by atoms with Crippen molar-refractivity contribution in [3.05, 3.63) is 77.0 Å². The second-order valence-electron chi connectivity index (χ2n) is 6.47. The molecule has 0 spiro atoms. The standard InChI is InChI=1S/C20H20N6O2/c27-19-7-6-15(13-21-19)20(28)24-17-12-18(23-14-22-17)26-10-8-25(9-11-26)16-4-2-1-3-5-16/h1-7,12-14H,8-11H2,(H,21,27)(H,22,23,24,28). The molecule has 2 aromatic heterocycles. The highest BCUT2D eigenvalue weighted by atomic mass is 16.2. The lowest BCUT2D eigenvalue weighted by Crippen LogP contribution is -2.46. The van der Waals surface area contributed by atoms with Gasteiger partial charge in [0.1, 0.15) is 18.0 Å². The van der Waals surface area contributed by atoms with Crippen LogP contribution in [0.1, 0.15) is 10.4 Å². The fraction of sp³-hybridized carbons (Fsp3) is 0.200. The summed E-state index contributed by atoms with van der Waals surface area (Å²) in [4.78, 5) is 38.9. The van der Waals surface area contributed by atoms with Crippen LogP contribution in [0.2, 0.25) is 0 Å². The maximum absolute atomic E-state index is 12.3. The van der Waals surface area contributed by atoms with Crippen molar-refractivity contribution in [1.29, 1.82) is 0 Å². The van der Waals surface area contributed by atoms with Crippen LogP contribution in [-0.4, -0.2) is 47.0 Å². The van der Waals surface area contributed by atoms with Crippen molar-refractivity contribution >= 4 is 23.2 Å². The van der Waals surface area contributed by atoms with Gasteiger partial charge in [0, 0.05) is 50.2 Å². The van der Waals surface area contributed by atoms with Crippen molar-refractivity contribution in [1.82, 2.24) is 15.0 Å². The van der Waals surface area contributed by atoms with E-state index in [1.54, 1.807) is 6.07 Å². The molecule has 1 amide bonds. The number of amides is 1. The van der Waals surface area contributed by atoms with Crippen LogP contribution >= 0.6 is 0 Å². The van der Waals surface area contributed by atoms with Crippen LogP contribution in [0.25, 0.3) is 0 Å². The van der Waals surface area contributed by atoms with Gasteiger partial charge in [-0.05, 0) is 18.2 Å². The minimum Gasteiger partial charge on any atom is -0.368 e. The number of pyridine rings is 1. The molecule has 3 aromatic rings. The minimum atomic E-state index is -0.338. The van der Waals surface area contributed by atoms with Crippen LogP contribution in [0.5, 0.6) is 0 Å². The molecule has 0 radical (unpaired) electrons. The number of nitrogens with zero attached hydrogens (tertiary/aromatic N) is 4. The fourth-order valence-corrected chi connectivity index (χ4v) is 3.16. The van der Waals surface area contributed by atoms with E-state index >= 15 is 0 Å². The van der Waals surface area contributed by atoms with Gasteiger partial charge in [0.2, 0.25) is 5.56 Å². The number of piperazine rings is 1. The number of carbonyl (C=O) groups is 1. The van der Waals surface area contributed by atoms with Crippen LogP contribution in [0.15, 0.2) is 65.8 Å². The van der Waals surface area contributed by atoms with Crippen LogP contribution in [0.3, 0.4) is 0 Å². The number of anilines is 3. The molecule has 1 aromatic carbocycles. The number of aromatic nitrogens is 3. The predicted molar refractivity (Wildman–Crippen MR) is 108 cm³/mol. The minimum absolute atomic E-state index is 0.254. The molecule has 142 valence electrons. The monoisotopic (exact) mass is 376 g/mol. The molecule has 0 saturated carbocycles. The predicted octanol–water partition coefficient (Wildman–Crippen LogP) is 1.74. The van der Waals surface area contributed by atoms with Crippen molar-refractivity contribution in [2.24, 2.45) is 0 Å². The summed E-state index contributed by atoms with van der Waals surface area (Å²) in [5.41, 5.74) is 1.32. The van der Waals surface area contributed by atoms with Gasteiger partial charge in [-0.1, -0.05) is 18.2 Å². The molecule has 0 unspecified atom stereocenters. The first kappa shape index (κ1) is 17.7. The zero-order chi connectivity index (χ0) is 19.3. The van der Waals surface area contributed by atoms with Gasteiger partial charge in [-0.3, -0.25) is 9.59 Å². The molecule has 0 atom stereocenters. The van der Waals surface area contributed by atoms with Crippen molar-refractivity contribution < 1.29 is 4.79 Å². The topological polar surface area (TPSA) is 94.2 Å². The second-order valence-corrected chi connectivity index (χ2v) is 6.47. The fourth-order valence-electron chi connectivity index (χ4n) is 3.16. The maximum atomic E-state index is 12.3. The Morgan fingerprint density at radius 1 is 0.964 bits per heavy atom. The van der Waals surface area contributed by atoms with Gasteiger partial charge in [-0.25, -0.2) is 9.97 Å². The Balaban J connectivity index is 1.41. The van der Waals surface area contributed by atoms with E-state index in [4.69, 9.17) is 0 Å². The van der Waals surface area contributed by atoms with E-state index < -0.39 is 0 Å². The number of aromatic amines is 1. The van der Waals surface area contributed by atoms with Gasteiger partial charge < -0.3 is 20.1 Å². The number of H-pyrrole nitrogens is 1. The summed E-state index contributed by atoms with van der Waals surface area (Å²) in [5, 5.41) is 2.74. The van der Waals surface area contributed by atoms with Gasteiger partial charge in [0.15, 0.2) is 0 Å². The van der Waals surface area contributed by atoms with E-state index in [2.05, 4.69) is 42.2 Å². The Morgan fingerprint density at radius 3 is 2.43 bits per heavy atom. The average Bonchev–Trinajstić information content (AvgIpc) is 2.75. The Labute approximate surface area is 161 Å². The summed E-state index contributed by atoms with van der Waals surface area (Å²) < 4.78 is 0. The summed E-state index contributed by atoms with van der Waals surface area (Å²) in [7, 11) is 0. The summed E-state index contributed by atoms with van der Waals surface area (Å²) >= 11 is 0. The Kier molecular flexibility index (Phi) is 5.01. The maximum Gasteiger partial charge on any atom is 0.258 e. The van der Waals surface area contributed by atoms with Gasteiger partial charge in [0.05, 0.1) is 5.56 Å². The highest BCUT2D eigenvalue weighted by Crippen LogP contribution is 2.20. The molecule has 0 bridgehead atoms. The number of nitrogens with one attached hydrogen (secondary N) is 2. The van der Waals surface area contributed by atoms with Crippen LogP contribution in [0, 0.1) is 0 Å². The van der Waals surface area contributed by atoms with Crippen LogP contribution in [-0.2, 0) is 0 Å². The van der Waals surface area contributed by atoms with E-state index in [9.17, 15) is 9.59 Å². The molecule has 3 heterocycles. The van der Waals surface area contributed by atoms with Crippen molar-refractivity contribution in [3.63, 3.8) is 0 Å². The lowest BCUT2D eigenvalue weighted by atomic mass is 10.2. The van der Waals surface area contributed by atoms with Gasteiger partial charge in [0.25, 0.3) is 5.91 Å². The summed E-state index contributed by atoms with van der Waals surface area (Å²) in [6.45, 7) is 3.46. The Hall–Kier alpha value is -3.68. The van der Waals surface area contributed by atoms with Gasteiger partial charge in [-0.15, -0.1) is 0 Å². The summed E-state index contributed by atoms with van der Waals surface area (Å²) in [6, 6.07) is 14.9. The number of benzene rings is 1. The van der Waals surface area contributed by atoms with Crippen molar-refractivity contribution in [2.45, 2.75) is 0 Å². The Bertz CT molecular complexity index is 992. The molecular weight excluding hydrogens is 356 g/mol. The summed E-state index contributed by atoms with van der Waals surface area (Å²) in [5.74, 6) is 0.862. The van der Waals surface area contributed by atoms with Gasteiger partial charge in [-0.2, -0.15) is 0 Å². The van der Waals surface area contributed by atoms with E-state index in [-0.39, 0.29) is 11.5 Å². The molecule has 1 aliphatic heterocycles. The first-order valence-corrected chi connectivity index (χ1v) is 9.06. The summed E-state index contributed by atoms with van der Waals surface area (Å²) in [6.07, 6.45) is 2.82. The highest BCUT2D eigenvalue weighted by molar-refractivity contribution is 6.03. The normalized spacial score (nSPS) is 14.0. The highest BCUT2D eigenvalue weighted by Gasteiger charge is 2.19. The second kappa shape index (κ2) is 7.91. The van der Waals surface area contributed by atoms with Crippen LogP contribution < -0.4 is 20.7 Å². The van der Waals surface area contributed by atoms with E-state index in [0.717, 1.165) is 32.0 Å². The average molecular weight is 376 g/mol. The van der Waals surface area contributed by atoms with E-state index in [1.807, 2.05) is 18.2 Å². The van der Waals surface area contributed by atoms with Crippen molar-refractivity contribution in [3.8, 4) is 0 Å². The molecular formula is C20H20N6O2. The third kappa shape index (κ3) is 4.01. The molecule has 8 nitrogen and oxygen atoms in total. The van der Waals surface area contributed by atoms with Crippen molar-refractivity contribution in [2.75, 3.05) is 41.3 Å². The zero-order valence-electron chi connectivity index (χ0n) is 15.2. The smallest absolute Gasteiger partial charge is 0.258 e. The van der Waals surface area contributed by atoms with Crippen LogP contribution in [0.4, 0.5) is 17.3 Å². The number of rotatable bonds is 4. The lowest BCUT2D eigenvalue weighted by Gasteiger charge is -2.36. The molecule has 1 saturated heterocycles. The first-order chi connectivity index (χ1) is 13.7. The number of hydrogen-bond acceptors (Lipinski definition) is 6. The Morgan fingerprint density at radius 2 is 1.71 bits per heavy atom. The van der Waals surface area contributed by atoms with E-state index in [0.29, 0.717) is 11.4 Å². The third-order valence-electron chi connectivity index (χ3n) is 4.67. The molecule has 0 aliphatic carbocycles. The SMILES string of the molecule is O=C(Nc1cc(N2CCN(c3ccccc3)CC2)ncn1)c1ccc(=O)[nH]c1. The lowest BCUT2D eigenvalue weighted by molar-refractivity contribution is 0.102. The molecule has 28 heavy (non-hydrogen) atoms. The molecule has 1 fully saturated rings. The first-order valence-electron chi connectivity index (χ1n) is 9.06. The zero-order valence-corrected chi connectivity index (χ0v) is 15.2.